The number of hydrogen-bond acceptors (Lipinski definition) is 6. The molecule has 0 saturated carbocycles. The number of aliphatic imine (C=N–C) groups is 3. The second-order valence-electron chi connectivity index (χ2n) is 7.07. The van der Waals surface area contributed by atoms with Gasteiger partial charge in [-0.15, -0.1) is 0 Å². The second-order valence-corrected chi connectivity index (χ2v) is 7.07. The molecule has 0 aromatic heterocycles. The zero-order valence-corrected chi connectivity index (χ0v) is 17.6. The van der Waals surface area contributed by atoms with Crippen LogP contribution in [0.4, 0.5) is 17.1 Å². The number of para-hydroxylation sites is 3. The van der Waals surface area contributed by atoms with Crippen molar-refractivity contribution < 1.29 is 15.3 Å². The SMILES string of the molecule is Oc1c(C=Nc2ccccc2)c(O)c(C=Nc2ccccc2)c(O)c1C=Nc1ccccc1. The summed E-state index contributed by atoms with van der Waals surface area (Å²) in [5, 5.41) is 32.6. The third-order valence-electron chi connectivity index (χ3n) is 4.83. The van der Waals surface area contributed by atoms with Gasteiger partial charge in [-0.05, 0) is 36.4 Å². The maximum absolute atomic E-state index is 10.9. The minimum atomic E-state index is -0.346. The summed E-state index contributed by atoms with van der Waals surface area (Å²) in [5.41, 5.74) is 2.05. The lowest BCUT2D eigenvalue weighted by Gasteiger charge is -2.12. The molecule has 0 amide bonds. The van der Waals surface area contributed by atoms with Crippen LogP contribution < -0.4 is 0 Å². The Kier molecular flexibility index (Phi) is 6.56. The first kappa shape index (κ1) is 21.5. The molecular formula is C27H21N3O3. The number of phenolic OH excluding ortho intramolecular Hbond substituents is 3. The van der Waals surface area contributed by atoms with E-state index in [1.807, 2.05) is 54.6 Å². The van der Waals surface area contributed by atoms with Gasteiger partial charge in [-0.2, -0.15) is 0 Å². The maximum atomic E-state index is 10.9. The third kappa shape index (κ3) is 5.14. The highest BCUT2D eigenvalue weighted by Crippen LogP contribution is 2.40. The Balaban J connectivity index is 1.83. The molecular weight excluding hydrogens is 414 g/mol. The van der Waals surface area contributed by atoms with Gasteiger partial charge in [0.05, 0.1) is 33.8 Å². The first-order valence-corrected chi connectivity index (χ1v) is 10.2. The standard InChI is InChI=1S/C27H21N3O3/c31-25-22(16-28-19-10-4-1-5-11-19)26(32)24(18-30-21-14-8-3-9-15-21)27(33)23(25)17-29-20-12-6-2-7-13-20/h1-18,31-33H. The summed E-state index contributed by atoms with van der Waals surface area (Å²) in [4.78, 5) is 13.0. The van der Waals surface area contributed by atoms with Gasteiger partial charge in [0, 0.05) is 18.6 Å². The van der Waals surface area contributed by atoms with E-state index in [-0.39, 0.29) is 33.9 Å². The number of nitrogens with zero attached hydrogens (tertiary/aromatic N) is 3. The van der Waals surface area contributed by atoms with E-state index < -0.39 is 0 Å². The topological polar surface area (TPSA) is 97.8 Å². The van der Waals surface area contributed by atoms with E-state index in [1.165, 1.54) is 18.6 Å². The van der Waals surface area contributed by atoms with Gasteiger partial charge >= 0.3 is 0 Å². The van der Waals surface area contributed by atoms with Crippen molar-refractivity contribution >= 4 is 35.7 Å². The van der Waals surface area contributed by atoms with Crippen LogP contribution in [0.15, 0.2) is 106 Å². The Morgan fingerprint density at radius 3 is 0.879 bits per heavy atom. The van der Waals surface area contributed by atoms with Gasteiger partial charge in [-0.3, -0.25) is 15.0 Å². The van der Waals surface area contributed by atoms with E-state index in [0.29, 0.717) is 17.1 Å². The Hall–Kier alpha value is -4.71. The van der Waals surface area contributed by atoms with Gasteiger partial charge in [0.15, 0.2) is 0 Å². The van der Waals surface area contributed by atoms with E-state index in [9.17, 15) is 15.3 Å². The molecule has 33 heavy (non-hydrogen) atoms. The fraction of sp³-hybridized carbons (Fsp3) is 0. The van der Waals surface area contributed by atoms with Crippen molar-refractivity contribution in [1.29, 1.82) is 0 Å². The number of benzene rings is 4. The van der Waals surface area contributed by atoms with Crippen LogP contribution in [0.1, 0.15) is 16.7 Å². The lowest BCUT2D eigenvalue weighted by molar-refractivity contribution is 0.425. The average molecular weight is 435 g/mol. The zero-order chi connectivity index (χ0) is 23.0. The highest BCUT2D eigenvalue weighted by atomic mass is 16.3. The molecule has 0 saturated heterocycles. The summed E-state index contributed by atoms with van der Waals surface area (Å²) < 4.78 is 0. The summed E-state index contributed by atoms with van der Waals surface area (Å²) in [6, 6.07) is 27.3. The van der Waals surface area contributed by atoms with Crippen molar-refractivity contribution in [2.24, 2.45) is 15.0 Å². The fourth-order valence-electron chi connectivity index (χ4n) is 3.10. The van der Waals surface area contributed by atoms with E-state index in [1.54, 1.807) is 36.4 Å². The van der Waals surface area contributed by atoms with Crippen LogP contribution in [0.3, 0.4) is 0 Å². The molecule has 0 radical (unpaired) electrons. The average Bonchev–Trinajstić information content (AvgIpc) is 2.86. The van der Waals surface area contributed by atoms with Crippen molar-refractivity contribution in [3.63, 3.8) is 0 Å². The van der Waals surface area contributed by atoms with Crippen molar-refractivity contribution in [1.82, 2.24) is 0 Å². The van der Waals surface area contributed by atoms with Gasteiger partial charge in [0.1, 0.15) is 17.2 Å². The van der Waals surface area contributed by atoms with Crippen LogP contribution in [-0.4, -0.2) is 34.0 Å². The number of aromatic hydroxyl groups is 3. The Morgan fingerprint density at radius 1 is 0.394 bits per heavy atom. The van der Waals surface area contributed by atoms with Gasteiger partial charge in [0.25, 0.3) is 0 Å². The Morgan fingerprint density at radius 2 is 0.636 bits per heavy atom. The van der Waals surface area contributed by atoms with Crippen LogP contribution in [0.25, 0.3) is 0 Å². The van der Waals surface area contributed by atoms with Crippen LogP contribution in [0, 0.1) is 0 Å². The first-order valence-electron chi connectivity index (χ1n) is 10.2. The second kappa shape index (κ2) is 10.1. The summed E-state index contributed by atoms with van der Waals surface area (Å²) in [7, 11) is 0. The first-order chi connectivity index (χ1) is 16.1. The van der Waals surface area contributed by atoms with Crippen molar-refractivity contribution in [3.05, 3.63) is 108 Å². The molecule has 6 heteroatoms. The van der Waals surface area contributed by atoms with Crippen LogP contribution in [0.5, 0.6) is 17.2 Å². The number of phenols is 3. The molecule has 4 rings (SSSR count). The molecule has 0 aliphatic carbocycles. The summed E-state index contributed by atoms with van der Waals surface area (Å²) >= 11 is 0. The molecule has 3 N–H and O–H groups in total. The number of hydrogen-bond donors (Lipinski definition) is 3. The van der Waals surface area contributed by atoms with Crippen LogP contribution in [0.2, 0.25) is 0 Å². The molecule has 4 aromatic rings. The van der Waals surface area contributed by atoms with Crippen molar-refractivity contribution in [3.8, 4) is 17.2 Å². The molecule has 0 heterocycles. The van der Waals surface area contributed by atoms with Crippen LogP contribution in [-0.2, 0) is 0 Å². The van der Waals surface area contributed by atoms with E-state index in [0.717, 1.165) is 0 Å². The zero-order valence-electron chi connectivity index (χ0n) is 17.6. The van der Waals surface area contributed by atoms with Gasteiger partial charge < -0.3 is 15.3 Å². The highest BCUT2D eigenvalue weighted by molar-refractivity contribution is 6.04. The largest absolute Gasteiger partial charge is 0.506 e. The molecule has 6 nitrogen and oxygen atoms in total. The van der Waals surface area contributed by atoms with E-state index in [4.69, 9.17) is 0 Å². The molecule has 0 spiro atoms. The monoisotopic (exact) mass is 435 g/mol. The minimum absolute atomic E-state index is 0.0423. The van der Waals surface area contributed by atoms with Gasteiger partial charge in [0.2, 0.25) is 0 Å². The third-order valence-corrected chi connectivity index (χ3v) is 4.83. The Labute approximate surface area is 191 Å². The smallest absolute Gasteiger partial charge is 0.140 e. The van der Waals surface area contributed by atoms with E-state index in [2.05, 4.69) is 15.0 Å². The molecule has 162 valence electrons. The summed E-state index contributed by atoms with van der Waals surface area (Å²) in [6.45, 7) is 0. The van der Waals surface area contributed by atoms with Crippen molar-refractivity contribution in [2.45, 2.75) is 0 Å². The predicted molar refractivity (Wildman–Crippen MR) is 133 cm³/mol. The van der Waals surface area contributed by atoms with E-state index >= 15 is 0 Å². The normalized spacial score (nSPS) is 11.6. The summed E-state index contributed by atoms with van der Waals surface area (Å²) in [6.07, 6.45) is 4.04. The van der Waals surface area contributed by atoms with Gasteiger partial charge in [-0.1, -0.05) is 54.6 Å². The molecule has 0 aliphatic rings. The molecule has 4 aromatic carbocycles. The molecule has 0 unspecified atom stereocenters. The highest BCUT2D eigenvalue weighted by Gasteiger charge is 2.21. The molecule has 0 fully saturated rings. The quantitative estimate of drug-likeness (QED) is 0.321. The molecule has 0 aliphatic heterocycles. The molecule has 0 bridgehead atoms. The lowest BCUT2D eigenvalue weighted by atomic mass is 10.0. The van der Waals surface area contributed by atoms with Crippen molar-refractivity contribution in [2.75, 3.05) is 0 Å². The number of rotatable bonds is 6. The maximum Gasteiger partial charge on any atom is 0.140 e. The van der Waals surface area contributed by atoms with Crippen LogP contribution >= 0.6 is 0 Å². The Bertz CT molecular complexity index is 1130. The molecule has 0 atom stereocenters. The summed E-state index contributed by atoms with van der Waals surface area (Å²) in [5.74, 6) is -1.04. The minimum Gasteiger partial charge on any atom is -0.506 e. The fourth-order valence-corrected chi connectivity index (χ4v) is 3.10. The van der Waals surface area contributed by atoms with Gasteiger partial charge in [-0.25, -0.2) is 0 Å². The lowest BCUT2D eigenvalue weighted by Crippen LogP contribution is -1.97. The predicted octanol–water partition coefficient (Wildman–Crippen LogP) is 6.06.